The van der Waals surface area contributed by atoms with Crippen LogP contribution < -0.4 is 5.32 Å². The molecular formula is C24H26ClF2NO4. The van der Waals surface area contributed by atoms with Crippen LogP contribution in [-0.2, 0) is 26.1 Å². The van der Waals surface area contributed by atoms with Gasteiger partial charge in [-0.05, 0) is 61.1 Å². The standard InChI is InChI=1S/C24H26ClF2NO4/c1-3-4-12-32-22(29)15-7-10-19(26)20(13-15)28-14-24(23(30)31-2)11-5-6-16-17(24)8-9-18(25)21(16)27/h7-10,13,28H,3-6,11-12,14H2,1-2H3/t24-/m1/s1. The Morgan fingerprint density at radius 1 is 1.22 bits per heavy atom. The molecule has 172 valence electrons. The van der Waals surface area contributed by atoms with Crippen LogP contribution >= 0.6 is 11.6 Å². The van der Waals surface area contributed by atoms with E-state index in [0.717, 1.165) is 18.9 Å². The molecule has 0 heterocycles. The van der Waals surface area contributed by atoms with Crippen LogP contribution in [0.5, 0.6) is 0 Å². The van der Waals surface area contributed by atoms with Gasteiger partial charge in [-0.3, -0.25) is 4.79 Å². The minimum absolute atomic E-state index is 0.0160. The van der Waals surface area contributed by atoms with Crippen LogP contribution in [0.3, 0.4) is 0 Å². The number of hydrogen-bond acceptors (Lipinski definition) is 5. The fourth-order valence-corrected chi connectivity index (χ4v) is 4.25. The molecule has 0 fully saturated rings. The fourth-order valence-electron chi connectivity index (χ4n) is 4.08. The van der Waals surface area contributed by atoms with Gasteiger partial charge in [-0.15, -0.1) is 0 Å². The lowest BCUT2D eigenvalue weighted by Crippen LogP contribution is -2.46. The maximum absolute atomic E-state index is 14.7. The third-order valence-corrected chi connectivity index (χ3v) is 6.12. The number of halogens is 3. The van der Waals surface area contributed by atoms with Crippen LogP contribution in [0.4, 0.5) is 14.5 Å². The molecule has 32 heavy (non-hydrogen) atoms. The lowest BCUT2D eigenvalue weighted by Gasteiger charge is -2.37. The van der Waals surface area contributed by atoms with E-state index >= 15 is 0 Å². The first-order valence-corrected chi connectivity index (χ1v) is 11.0. The molecule has 3 rings (SSSR count). The van der Waals surface area contributed by atoms with Crippen molar-refractivity contribution in [1.82, 2.24) is 0 Å². The summed E-state index contributed by atoms with van der Waals surface area (Å²) < 4.78 is 39.4. The molecule has 1 aliphatic rings. The Hall–Kier alpha value is -2.67. The van der Waals surface area contributed by atoms with Gasteiger partial charge < -0.3 is 14.8 Å². The second kappa shape index (κ2) is 10.3. The van der Waals surface area contributed by atoms with E-state index in [2.05, 4.69) is 5.32 Å². The van der Waals surface area contributed by atoms with Gasteiger partial charge in [0.25, 0.3) is 0 Å². The third-order valence-electron chi connectivity index (χ3n) is 5.83. The van der Waals surface area contributed by atoms with Crippen molar-refractivity contribution in [2.45, 2.75) is 44.4 Å². The van der Waals surface area contributed by atoms with Crippen LogP contribution in [-0.4, -0.2) is 32.2 Å². The van der Waals surface area contributed by atoms with Gasteiger partial charge in [0.05, 0.1) is 30.0 Å². The molecule has 0 spiro atoms. The summed E-state index contributed by atoms with van der Waals surface area (Å²) in [5, 5.41) is 2.92. The molecule has 0 saturated heterocycles. The number of hydrogen-bond donors (Lipinski definition) is 1. The zero-order valence-corrected chi connectivity index (χ0v) is 18.9. The smallest absolute Gasteiger partial charge is 0.338 e. The summed E-state index contributed by atoms with van der Waals surface area (Å²) in [6, 6.07) is 6.89. The van der Waals surface area contributed by atoms with Gasteiger partial charge in [0, 0.05) is 6.54 Å². The third kappa shape index (κ3) is 4.72. The predicted molar refractivity (Wildman–Crippen MR) is 118 cm³/mol. The minimum Gasteiger partial charge on any atom is -0.468 e. The van der Waals surface area contributed by atoms with E-state index in [0.29, 0.717) is 30.4 Å². The van der Waals surface area contributed by atoms with Crippen molar-refractivity contribution >= 4 is 29.2 Å². The summed E-state index contributed by atoms with van der Waals surface area (Å²) in [6.45, 7) is 2.22. The maximum Gasteiger partial charge on any atom is 0.338 e. The average molecular weight is 466 g/mol. The molecule has 2 aromatic rings. The number of fused-ring (bicyclic) bond motifs is 1. The Labute approximate surface area is 191 Å². The largest absolute Gasteiger partial charge is 0.468 e. The molecule has 0 bridgehead atoms. The minimum atomic E-state index is -1.22. The van der Waals surface area contributed by atoms with Crippen molar-refractivity contribution in [3.05, 3.63) is 63.7 Å². The number of carbonyl (C=O) groups is 2. The molecule has 0 aliphatic heterocycles. The number of rotatable bonds is 8. The van der Waals surface area contributed by atoms with Gasteiger partial charge in [0.2, 0.25) is 0 Å². The van der Waals surface area contributed by atoms with Crippen molar-refractivity contribution in [2.75, 3.05) is 25.6 Å². The van der Waals surface area contributed by atoms with Crippen molar-refractivity contribution in [2.24, 2.45) is 0 Å². The first kappa shape index (κ1) is 24.0. The first-order valence-electron chi connectivity index (χ1n) is 10.6. The van der Waals surface area contributed by atoms with E-state index in [1.807, 2.05) is 6.92 Å². The zero-order valence-electron chi connectivity index (χ0n) is 18.1. The van der Waals surface area contributed by atoms with Crippen LogP contribution in [0.2, 0.25) is 5.02 Å². The Bertz CT molecular complexity index is 1010. The number of carbonyl (C=O) groups excluding carboxylic acids is 2. The normalized spacial score (nSPS) is 17.4. The Kier molecular flexibility index (Phi) is 7.72. The van der Waals surface area contributed by atoms with Gasteiger partial charge in [0.15, 0.2) is 0 Å². The highest BCUT2D eigenvalue weighted by molar-refractivity contribution is 6.30. The SMILES string of the molecule is CCCCOC(=O)c1ccc(F)c(NC[C@]2(C(=O)OC)CCCc3c2ccc(Cl)c3F)c1. The Morgan fingerprint density at radius 3 is 2.72 bits per heavy atom. The first-order chi connectivity index (χ1) is 15.3. The molecule has 1 atom stereocenters. The monoisotopic (exact) mass is 465 g/mol. The summed E-state index contributed by atoms with van der Waals surface area (Å²) in [4.78, 5) is 25.1. The maximum atomic E-state index is 14.7. The van der Waals surface area contributed by atoms with Crippen molar-refractivity contribution in [3.8, 4) is 0 Å². The summed E-state index contributed by atoms with van der Waals surface area (Å²) in [6.07, 6.45) is 2.98. The molecule has 1 aliphatic carbocycles. The molecular weight excluding hydrogens is 440 g/mol. The molecule has 2 aromatic carbocycles. The molecule has 0 radical (unpaired) electrons. The number of nitrogens with one attached hydrogen (secondary N) is 1. The summed E-state index contributed by atoms with van der Waals surface area (Å²) in [7, 11) is 1.26. The number of anilines is 1. The van der Waals surface area contributed by atoms with Crippen molar-refractivity contribution < 1.29 is 27.8 Å². The number of benzene rings is 2. The number of esters is 2. The average Bonchev–Trinajstić information content (AvgIpc) is 2.80. The second-order valence-corrected chi connectivity index (χ2v) is 8.26. The van der Waals surface area contributed by atoms with Crippen LogP contribution in [0.25, 0.3) is 0 Å². The molecule has 0 saturated carbocycles. The molecule has 0 unspecified atom stereocenters. The molecule has 1 N–H and O–H groups in total. The fraction of sp³-hybridized carbons (Fsp3) is 0.417. The van der Waals surface area contributed by atoms with E-state index in [1.165, 1.54) is 25.3 Å². The van der Waals surface area contributed by atoms with Crippen molar-refractivity contribution in [1.29, 1.82) is 0 Å². The highest BCUT2D eigenvalue weighted by atomic mass is 35.5. The zero-order chi connectivity index (χ0) is 23.3. The van der Waals surface area contributed by atoms with Gasteiger partial charge >= 0.3 is 11.9 Å². The topological polar surface area (TPSA) is 64.6 Å². The van der Waals surface area contributed by atoms with E-state index < -0.39 is 29.0 Å². The quantitative estimate of drug-likeness (QED) is 0.415. The second-order valence-electron chi connectivity index (χ2n) is 7.85. The lowest BCUT2D eigenvalue weighted by atomic mass is 9.69. The predicted octanol–water partition coefficient (Wildman–Crippen LogP) is 5.43. The molecule has 0 amide bonds. The van der Waals surface area contributed by atoms with Gasteiger partial charge in [-0.2, -0.15) is 0 Å². The number of unbranched alkanes of at least 4 members (excludes halogenated alkanes) is 1. The summed E-state index contributed by atoms with van der Waals surface area (Å²) in [5.74, 6) is -2.25. The van der Waals surface area contributed by atoms with E-state index in [1.54, 1.807) is 6.07 Å². The summed E-state index contributed by atoms with van der Waals surface area (Å²) >= 11 is 5.94. The Morgan fingerprint density at radius 2 is 2.00 bits per heavy atom. The van der Waals surface area contributed by atoms with Crippen LogP contribution in [0.15, 0.2) is 30.3 Å². The highest BCUT2D eigenvalue weighted by Crippen LogP contribution is 2.41. The van der Waals surface area contributed by atoms with Gasteiger partial charge in [0.1, 0.15) is 17.0 Å². The Balaban J connectivity index is 1.90. The highest BCUT2D eigenvalue weighted by Gasteiger charge is 2.45. The van der Waals surface area contributed by atoms with E-state index in [-0.39, 0.29) is 29.4 Å². The van der Waals surface area contributed by atoms with Crippen LogP contribution in [0, 0.1) is 11.6 Å². The lowest BCUT2D eigenvalue weighted by molar-refractivity contribution is -0.147. The van der Waals surface area contributed by atoms with Gasteiger partial charge in [-0.1, -0.05) is 31.0 Å². The van der Waals surface area contributed by atoms with Gasteiger partial charge in [-0.25, -0.2) is 13.6 Å². The van der Waals surface area contributed by atoms with Crippen molar-refractivity contribution in [3.63, 3.8) is 0 Å². The van der Waals surface area contributed by atoms with E-state index in [9.17, 15) is 18.4 Å². The van der Waals surface area contributed by atoms with E-state index in [4.69, 9.17) is 21.1 Å². The molecule has 5 nitrogen and oxygen atoms in total. The summed E-state index contributed by atoms with van der Waals surface area (Å²) in [5.41, 5.74) is -0.151. The number of methoxy groups -OCH3 is 1. The molecule has 8 heteroatoms. The number of ether oxygens (including phenoxy) is 2. The van der Waals surface area contributed by atoms with Crippen LogP contribution in [0.1, 0.15) is 54.1 Å². The molecule has 0 aromatic heterocycles.